The lowest BCUT2D eigenvalue weighted by Gasteiger charge is -2.31. The van der Waals surface area contributed by atoms with Crippen molar-refractivity contribution < 1.29 is 9.32 Å². The predicted molar refractivity (Wildman–Crippen MR) is 74.0 cm³/mol. The van der Waals surface area contributed by atoms with Gasteiger partial charge in [-0.25, -0.2) is 4.98 Å². The summed E-state index contributed by atoms with van der Waals surface area (Å²) in [6, 6.07) is 0. The van der Waals surface area contributed by atoms with E-state index in [0.29, 0.717) is 29.7 Å². The third-order valence-corrected chi connectivity index (χ3v) is 3.69. The normalized spacial score (nSPS) is 18.7. The quantitative estimate of drug-likeness (QED) is 0.846. The van der Waals surface area contributed by atoms with Gasteiger partial charge in [0.15, 0.2) is 0 Å². The summed E-state index contributed by atoms with van der Waals surface area (Å²) in [6.45, 7) is 3.22. The zero-order valence-corrected chi connectivity index (χ0v) is 11.9. The highest BCUT2D eigenvalue weighted by atomic mass is 16.5. The summed E-state index contributed by atoms with van der Waals surface area (Å²) in [7, 11) is 0. The van der Waals surface area contributed by atoms with Gasteiger partial charge >= 0.3 is 0 Å². The molecule has 0 unspecified atom stereocenters. The van der Waals surface area contributed by atoms with Crippen LogP contribution in [0.4, 0.5) is 0 Å². The van der Waals surface area contributed by atoms with Crippen LogP contribution in [0.5, 0.6) is 0 Å². The number of amides is 1. The molecule has 1 amide bonds. The van der Waals surface area contributed by atoms with Gasteiger partial charge in [-0.2, -0.15) is 4.98 Å². The first kappa shape index (κ1) is 13.7. The summed E-state index contributed by atoms with van der Waals surface area (Å²) in [6.07, 6.45) is 7.59. The second kappa shape index (κ2) is 5.99. The van der Waals surface area contributed by atoms with Gasteiger partial charge in [0.25, 0.3) is 0 Å². The highest BCUT2D eigenvalue weighted by molar-refractivity contribution is 5.73. The molecule has 7 nitrogen and oxygen atoms in total. The van der Waals surface area contributed by atoms with E-state index in [0.717, 1.165) is 25.9 Å². The number of nitrogens with zero attached hydrogens (tertiary/aromatic N) is 5. The minimum absolute atomic E-state index is 0.130. The van der Waals surface area contributed by atoms with Crippen molar-refractivity contribution in [2.75, 3.05) is 13.1 Å². The fourth-order valence-corrected chi connectivity index (χ4v) is 2.62. The van der Waals surface area contributed by atoms with Crippen LogP contribution in [0.1, 0.15) is 25.7 Å². The van der Waals surface area contributed by atoms with Gasteiger partial charge in [-0.15, -0.1) is 0 Å². The number of hydrogen-bond acceptors (Lipinski definition) is 6. The minimum Gasteiger partial charge on any atom is -0.343 e. The summed E-state index contributed by atoms with van der Waals surface area (Å²) in [5.41, 5.74) is 0.599. The number of aromatic nitrogens is 4. The van der Waals surface area contributed by atoms with E-state index in [-0.39, 0.29) is 5.91 Å². The molecule has 1 atom stereocenters. The predicted octanol–water partition coefficient (Wildman–Crippen LogP) is 1.33. The van der Waals surface area contributed by atoms with E-state index in [1.54, 1.807) is 25.5 Å². The molecule has 2 aromatic heterocycles. The van der Waals surface area contributed by atoms with Crippen molar-refractivity contribution in [1.82, 2.24) is 25.0 Å². The molecule has 7 heteroatoms. The highest BCUT2D eigenvalue weighted by Crippen LogP contribution is 2.21. The molecule has 1 saturated heterocycles. The van der Waals surface area contributed by atoms with E-state index >= 15 is 0 Å². The van der Waals surface area contributed by atoms with Crippen LogP contribution in [0.2, 0.25) is 0 Å². The third kappa shape index (κ3) is 3.24. The Kier molecular flexibility index (Phi) is 3.89. The van der Waals surface area contributed by atoms with Gasteiger partial charge in [0, 0.05) is 38.8 Å². The second-order valence-corrected chi connectivity index (χ2v) is 5.28. The lowest BCUT2D eigenvalue weighted by Crippen LogP contribution is -2.39. The van der Waals surface area contributed by atoms with Gasteiger partial charge in [-0.05, 0) is 18.8 Å². The maximum Gasteiger partial charge on any atom is 0.227 e. The van der Waals surface area contributed by atoms with Crippen molar-refractivity contribution in [2.45, 2.75) is 26.2 Å². The van der Waals surface area contributed by atoms with Gasteiger partial charge in [-0.1, -0.05) is 5.16 Å². The highest BCUT2D eigenvalue weighted by Gasteiger charge is 2.23. The van der Waals surface area contributed by atoms with Crippen molar-refractivity contribution in [1.29, 1.82) is 0 Å². The van der Waals surface area contributed by atoms with Gasteiger partial charge in [0.05, 0.1) is 6.20 Å². The average molecular weight is 287 g/mol. The molecule has 21 heavy (non-hydrogen) atoms. The lowest BCUT2D eigenvalue weighted by molar-refractivity contribution is -0.130. The second-order valence-electron chi connectivity index (χ2n) is 5.28. The number of likely N-dealkylation sites (tertiary alicyclic amines) is 1. The van der Waals surface area contributed by atoms with Crippen LogP contribution in [-0.2, 0) is 11.2 Å². The van der Waals surface area contributed by atoms with Crippen molar-refractivity contribution in [3.8, 4) is 11.5 Å². The number of hydrogen-bond donors (Lipinski definition) is 0. The van der Waals surface area contributed by atoms with Crippen LogP contribution in [0.25, 0.3) is 11.5 Å². The fourth-order valence-electron chi connectivity index (χ4n) is 2.62. The summed E-state index contributed by atoms with van der Waals surface area (Å²) in [4.78, 5) is 25.8. The zero-order valence-electron chi connectivity index (χ0n) is 11.9. The van der Waals surface area contributed by atoms with Crippen LogP contribution in [0.3, 0.4) is 0 Å². The molecule has 3 heterocycles. The van der Waals surface area contributed by atoms with E-state index < -0.39 is 0 Å². The molecule has 1 aliphatic rings. The minimum atomic E-state index is 0.130. The molecule has 0 aromatic carbocycles. The Balaban J connectivity index is 1.66. The molecule has 2 aromatic rings. The maximum absolute atomic E-state index is 11.4. The van der Waals surface area contributed by atoms with Crippen molar-refractivity contribution in [3.05, 3.63) is 24.5 Å². The average Bonchev–Trinajstić information content (AvgIpc) is 2.97. The Morgan fingerprint density at radius 3 is 3.14 bits per heavy atom. The summed E-state index contributed by atoms with van der Waals surface area (Å²) in [5, 5.41) is 3.94. The van der Waals surface area contributed by atoms with Gasteiger partial charge in [0.1, 0.15) is 5.69 Å². The summed E-state index contributed by atoms with van der Waals surface area (Å²) < 4.78 is 5.29. The number of carbonyl (C=O) groups excluding carboxylic acids is 1. The van der Waals surface area contributed by atoms with E-state index in [1.807, 2.05) is 4.90 Å². The van der Waals surface area contributed by atoms with Gasteiger partial charge in [0.2, 0.25) is 17.6 Å². The molecule has 1 aliphatic heterocycles. The van der Waals surface area contributed by atoms with Crippen molar-refractivity contribution in [2.24, 2.45) is 5.92 Å². The smallest absolute Gasteiger partial charge is 0.227 e. The van der Waals surface area contributed by atoms with E-state index in [9.17, 15) is 4.79 Å². The van der Waals surface area contributed by atoms with Gasteiger partial charge in [-0.3, -0.25) is 9.78 Å². The standard InChI is InChI=1S/C14H17N5O2/c1-10(20)19-6-2-3-11(9-19)7-13-17-14(18-21-13)12-8-15-4-5-16-12/h4-5,8,11H,2-3,6-7,9H2,1H3/t11-/m0/s1. The SMILES string of the molecule is CC(=O)N1CCC[C@@H](Cc2nc(-c3cnccn3)no2)C1. The van der Waals surface area contributed by atoms with E-state index in [4.69, 9.17) is 4.52 Å². The maximum atomic E-state index is 11.4. The Morgan fingerprint density at radius 2 is 2.38 bits per heavy atom. The van der Waals surface area contributed by atoms with Crippen LogP contribution in [-0.4, -0.2) is 44.0 Å². The van der Waals surface area contributed by atoms with Crippen LogP contribution in [0.15, 0.2) is 23.1 Å². The lowest BCUT2D eigenvalue weighted by atomic mass is 9.95. The molecule has 0 spiro atoms. The molecule has 0 saturated carbocycles. The Bertz CT molecular complexity index is 613. The third-order valence-electron chi connectivity index (χ3n) is 3.69. The number of piperidine rings is 1. The molecule has 0 radical (unpaired) electrons. The Labute approximate surface area is 122 Å². The van der Waals surface area contributed by atoms with Crippen molar-refractivity contribution in [3.63, 3.8) is 0 Å². The fraction of sp³-hybridized carbons (Fsp3) is 0.500. The first-order valence-corrected chi connectivity index (χ1v) is 7.07. The monoisotopic (exact) mass is 287 g/mol. The Morgan fingerprint density at radius 1 is 1.48 bits per heavy atom. The Hall–Kier alpha value is -2.31. The first-order valence-electron chi connectivity index (χ1n) is 7.07. The largest absolute Gasteiger partial charge is 0.343 e. The molecule has 0 bridgehead atoms. The molecule has 3 rings (SSSR count). The van der Waals surface area contributed by atoms with E-state index in [2.05, 4.69) is 20.1 Å². The van der Waals surface area contributed by atoms with Crippen molar-refractivity contribution >= 4 is 5.91 Å². The summed E-state index contributed by atoms with van der Waals surface area (Å²) in [5.74, 6) is 1.55. The molecular formula is C14H17N5O2. The molecule has 1 fully saturated rings. The van der Waals surface area contributed by atoms with Crippen LogP contribution in [0, 0.1) is 5.92 Å². The molecule has 110 valence electrons. The summed E-state index contributed by atoms with van der Waals surface area (Å²) >= 11 is 0. The first-order chi connectivity index (χ1) is 10.2. The topological polar surface area (TPSA) is 85.0 Å². The van der Waals surface area contributed by atoms with E-state index in [1.165, 1.54) is 0 Å². The number of rotatable bonds is 3. The van der Waals surface area contributed by atoms with Gasteiger partial charge < -0.3 is 9.42 Å². The zero-order chi connectivity index (χ0) is 14.7. The molecule has 0 aliphatic carbocycles. The molecule has 0 N–H and O–H groups in total. The number of carbonyl (C=O) groups is 1. The molecular weight excluding hydrogens is 270 g/mol. The van der Waals surface area contributed by atoms with Crippen LogP contribution < -0.4 is 0 Å². The van der Waals surface area contributed by atoms with Crippen LogP contribution >= 0.6 is 0 Å².